The van der Waals surface area contributed by atoms with Gasteiger partial charge in [-0.25, -0.2) is 0 Å². The molecule has 21 heavy (non-hydrogen) atoms. The normalized spacial score (nSPS) is 17.6. The van der Waals surface area contributed by atoms with Gasteiger partial charge in [0, 0.05) is 6.04 Å². The van der Waals surface area contributed by atoms with Crippen LogP contribution in [0.15, 0.2) is 0 Å². The van der Waals surface area contributed by atoms with E-state index in [1.807, 2.05) is 0 Å². The summed E-state index contributed by atoms with van der Waals surface area (Å²) in [5.41, 5.74) is -0.580. The average molecular weight is 298 g/mol. The van der Waals surface area contributed by atoms with E-state index in [2.05, 4.69) is 10.6 Å². The van der Waals surface area contributed by atoms with Gasteiger partial charge in [0.1, 0.15) is 12.0 Å². The number of nitrogens with one attached hydrogen (secondary N) is 2. The van der Waals surface area contributed by atoms with Gasteiger partial charge in [-0.05, 0) is 32.1 Å². The van der Waals surface area contributed by atoms with Crippen molar-refractivity contribution in [1.29, 1.82) is 0 Å². The largest absolute Gasteiger partial charge is 0.465 e. The van der Waals surface area contributed by atoms with Gasteiger partial charge in [-0.15, -0.1) is 0 Å². The minimum Gasteiger partial charge on any atom is -0.465 e. The van der Waals surface area contributed by atoms with Crippen LogP contribution in [0.3, 0.4) is 0 Å². The van der Waals surface area contributed by atoms with Gasteiger partial charge in [0.25, 0.3) is 0 Å². The van der Waals surface area contributed by atoms with Crippen molar-refractivity contribution in [2.45, 2.75) is 59.5 Å². The van der Waals surface area contributed by atoms with Crippen molar-refractivity contribution < 1.29 is 19.1 Å². The van der Waals surface area contributed by atoms with Crippen LogP contribution < -0.4 is 10.6 Å². The lowest BCUT2D eigenvalue weighted by Crippen LogP contribution is -2.51. The highest BCUT2D eigenvalue weighted by Gasteiger charge is 2.40. The molecule has 0 aromatic rings. The van der Waals surface area contributed by atoms with Crippen LogP contribution in [0.25, 0.3) is 0 Å². The van der Waals surface area contributed by atoms with E-state index in [0.717, 1.165) is 12.8 Å². The molecule has 0 bridgehead atoms. The van der Waals surface area contributed by atoms with Crippen LogP contribution in [0.2, 0.25) is 0 Å². The zero-order valence-corrected chi connectivity index (χ0v) is 13.5. The summed E-state index contributed by atoms with van der Waals surface area (Å²) in [4.78, 5) is 36.2. The SMILES string of the molecule is CCOC(=O)C(C(=O)NC(C)C(=O)NC1CC1)C(C)(C)C. The van der Waals surface area contributed by atoms with Crippen LogP contribution in [-0.4, -0.2) is 36.5 Å². The first kappa shape index (κ1) is 17.5. The maximum absolute atomic E-state index is 12.3. The molecule has 1 aliphatic rings. The highest BCUT2D eigenvalue weighted by Crippen LogP contribution is 2.27. The highest BCUT2D eigenvalue weighted by atomic mass is 16.5. The van der Waals surface area contributed by atoms with E-state index in [1.165, 1.54) is 0 Å². The Hall–Kier alpha value is -1.59. The summed E-state index contributed by atoms with van der Waals surface area (Å²) in [6, 6.07) is -0.433. The molecule has 2 N–H and O–H groups in total. The molecule has 6 nitrogen and oxygen atoms in total. The lowest BCUT2D eigenvalue weighted by Gasteiger charge is -2.28. The summed E-state index contributed by atoms with van der Waals surface area (Å²) in [6.07, 6.45) is 1.97. The van der Waals surface area contributed by atoms with Crippen molar-refractivity contribution in [3.63, 3.8) is 0 Å². The van der Waals surface area contributed by atoms with Crippen molar-refractivity contribution in [2.75, 3.05) is 6.61 Å². The van der Waals surface area contributed by atoms with Gasteiger partial charge in [0.05, 0.1) is 6.61 Å². The standard InChI is InChI=1S/C15H26N2O4/c1-6-21-14(20)11(15(3,4)5)13(19)16-9(2)12(18)17-10-7-8-10/h9-11H,6-8H2,1-5H3,(H,16,19)(H,17,18). The van der Waals surface area contributed by atoms with Crippen LogP contribution in [-0.2, 0) is 19.1 Å². The summed E-state index contributed by atoms with van der Waals surface area (Å²) in [5.74, 6) is -2.19. The summed E-state index contributed by atoms with van der Waals surface area (Å²) < 4.78 is 4.97. The van der Waals surface area contributed by atoms with E-state index < -0.39 is 29.3 Å². The summed E-state index contributed by atoms with van der Waals surface area (Å²) >= 11 is 0. The number of carbonyl (C=O) groups excluding carboxylic acids is 3. The molecule has 0 spiro atoms. The molecule has 1 rings (SSSR count). The van der Waals surface area contributed by atoms with Gasteiger partial charge < -0.3 is 15.4 Å². The molecule has 1 fully saturated rings. The van der Waals surface area contributed by atoms with Crippen molar-refractivity contribution in [3.05, 3.63) is 0 Å². The van der Waals surface area contributed by atoms with Gasteiger partial charge in [-0.3, -0.25) is 14.4 Å². The van der Waals surface area contributed by atoms with E-state index in [1.54, 1.807) is 34.6 Å². The maximum Gasteiger partial charge on any atom is 0.319 e. The summed E-state index contributed by atoms with van der Waals surface area (Å²) in [5, 5.41) is 5.43. The lowest BCUT2D eigenvalue weighted by atomic mass is 9.80. The second-order valence-corrected chi connectivity index (χ2v) is 6.56. The summed E-state index contributed by atoms with van der Waals surface area (Å²) in [6.45, 7) is 8.91. The Balaban J connectivity index is 2.66. The van der Waals surface area contributed by atoms with Crippen LogP contribution in [0.5, 0.6) is 0 Å². The third-order valence-corrected chi connectivity index (χ3v) is 3.33. The molecule has 0 aliphatic heterocycles. The van der Waals surface area contributed by atoms with Crippen molar-refractivity contribution >= 4 is 17.8 Å². The van der Waals surface area contributed by atoms with Gasteiger partial charge >= 0.3 is 5.97 Å². The zero-order valence-electron chi connectivity index (χ0n) is 13.5. The lowest BCUT2D eigenvalue weighted by molar-refractivity contribution is -0.157. The van der Waals surface area contributed by atoms with Crippen LogP contribution in [0.1, 0.15) is 47.5 Å². The van der Waals surface area contributed by atoms with Gasteiger partial charge in [0.15, 0.2) is 0 Å². The third-order valence-electron chi connectivity index (χ3n) is 3.33. The third kappa shape index (κ3) is 5.36. The zero-order chi connectivity index (χ0) is 16.2. The molecule has 0 heterocycles. The first-order valence-electron chi connectivity index (χ1n) is 7.44. The molecular weight excluding hydrogens is 272 g/mol. The average Bonchev–Trinajstić information content (AvgIpc) is 3.10. The second kappa shape index (κ2) is 6.91. The van der Waals surface area contributed by atoms with Gasteiger partial charge in [-0.1, -0.05) is 20.8 Å². The Morgan fingerprint density at radius 2 is 1.76 bits per heavy atom. The van der Waals surface area contributed by atoms with Crippen molar-refractivity contribution in [2.24, 2.45) is 11.3 Å². The fourth-order valence-corrected chi connectivity index (χ4v) is 2.00. The van der Waals surface area contributed by atoms with E-state index >= 15 is 0 Å². The minimum atomic E-state index is -0.936. The predicted octanol–water partition coefficient (Wildman–Crippen LogP) is 0.995. The van der Waals surface area contributed by atoms with Gasteiger partial charge in [-0.2, -0.15) is 0 Å². The fourth-order valence-electron chi connectivity index (χ4n) is 2.00. The first-order chi connectivity index (χ1) is 9.66. The quantitative estimate of drug-likeness (QED) is 0.566. The Morgan fingerprint density at radius 1 is 1.19 bits per heavy atom. The maximum atomic E-state index is 12.3. The Bertz CT molecular complexity index is 410. The molecule has 2 amide bonds. The Morgan fingerprint density at radius 3 is 2.19 bits per heavy atom. The number of ether oxygens (including phenoxy) is 1. The number of carbonyl (C=O) groups is 3. The first-order valence-corrected chi connectivity index (χ1v) is 7.44. The van der Waals surface area contributed by atoms with Crippen LogP contribution in [0.4, 0.5) is 0 Å². The number of rotatable bonds is 6. The Kier molecular flexibility index (Phi) is 5.75. The van der Waals surface area contributed by atoms with E-state index in [4.69, 9.17) is 4.74 Å². The van der Waals surface area contributed by atoms with E-state index in [-0.39, 0.29) is 18.6 Å². The number of hydrogen-bond donors (Lipinski definition) is 2. The molecule has 1 saturated carbocycles. The van der Waals surface area contributed by atoms with E-state index in [0.29, 0.717) is 0 Å². The smallest absolute Gasteiger partial charge is 0.319 e. The number of hydrogen-bond acceptors (Lipinski definition) is 4. The Labute approximate surface area is 126 Å². The van der Waals surface area contributed by atoms with Crippen LogP contribution >= 0.6 is 0 Å². The molecule has 0 aromatic carbocycles. The molecule has 6 heteroatoms. The minimum absolute atomic E-state index is 0.219. The molecule has 2 unspecified atom stereocenters. The molecule has 2 atom stereocenters. The topological polar surface area (TPSA) is 84.5 Å². The molecule has 0 radical (unpaired) electrons. The van der Waals surface area contributed by atoms with Gasteiger partial charge in [0.2, 0.25) is 11.8 Å². The summed E-state index contributed by atoms with van der Waals surface area (Å²) in [7, 11) is 0. The van der Waals surface area contributed by atoms with E-state index in [9.17, 15) is 14.4 Å². The van der Waals surface area contributed by atoms with Crippen molar-refractivity contribution in [3.8, 4) is 0 Å². The molecule has 1 aliphatic carbocycles. The second-order valence-electron chi connectivity index (χ2n) is 6.56. The predicted molar refractivity (Wildman–Crippen MR) is 78.3 cm³/mol. The molecule has 0 aromatic heterocycles. The highest BCUT2D eigenvalue weighted by molar-refractivity contribution is 6.00. The molecule has 0 saturated heterocycles. The monoisotopic (exact) mass is 298 g/mol. The molecule has 120 valence electrons. The molecular formula is C15H26N2O4. The number of amides is 2. The number of esters is 1. The van der Waals surface area contributed by atoms with Crippen LogP contribution in [0, 0.1) is 11.3 Å². The fraction of sp³-hybridized carbons (Fsp3) is 0.800. The van der Waals surface area contributed by atoms with Crippen molar-refractivity contribution in [1.82, 2.24) is 10.6 Å².